The molecule has 2 rings (SSSR count). The van der Waals surface area contributed by atoms with Gasteiger partial charge in [-0.25, -0.2) is 0 Å². The Bertz CT molecular complexity index is 215. The van der Waals surface area contributed by atoms with Crippen LogP contribution in [0.25, 0.3) is 0 Å². The van der Waals surface area contributed by atoms with Crippen molar-refractivity contribution in [1.29, 1.82) is 0 Å². The molecule has 0 bridgehead atoms. The van der Waals surface area contributed by atoms with E-state index in [1.54, 1.807) is 0 Å². The van der Waals surface area contributed by atoms with Gasteiger partial charge in [-0.15, -0.1) is 0 Å². The van der Waals surface area contributed by atoms with Crippen molar-refractivity contribution in [1.82, 2.24) is 5.32 Å². The Kier molecular flexibility index (Phi) is 4.26. The van der Waals surface area contributed by atoms with Crippen molar-refractivity contribution in [3.8, 4) is 0 Å². The minimum absolute atomic E-state index is 0.237. The molecule has 1 saturated carbocycles. The number of hydrogen-bond acceptors (Lipinski definition) is 2. The van der Waals surface area contributed by atoms with E-state index in [9.17, 15) is 0 Å². The molecule has 0 radical (unpaired) electrons. The van der Waals surface area contributed by atoms with Crippen LogP contribution in [-0.4, -0.2) is 24.8 Å². The van der Waals surface area contributed by atoms with Crippen molar-refractivity contribution in [3.05, 3.63) is 0 Å². The molecule has 1 aliphatic heterocycles. The Morgan fingerprint density at radius 1 is 1.31 bits per heavy atom. The number of ether oxygens (including phenoxy) is 1. The molecular formula is C14H27NO. The standard InChI is InChI=1S/C14H27NO/c1-3-8-15-13-6-9-16-14(11-13)7-4-5-12(2)10-14/h12-13,15H,3-11H2,1-2H3. The molecule has 1 spiro atoms. The van der Waals surface area contributed by atoms with Crippen LogP contribution in [0.15, 0.2) is 0 Å². The molecule has 1 aliphatic carbocycles. The molecule has 3 atom stereocenters. The average molecular weight is 225 g/mol. The van der Waals surface area contributed by atoms with E-state index >= 15 is 0 Å². The molecule has 1 N–H and O–H groups in total. The molecule has 94 valence electrons. The zero-order valence-corrected chi connectivity index (χ0v) is 10.9. The maximum Gasteiger partial charge on any atom is 0.0699 e. The van der Waals surface area contributed by atoms with Crippen LogP contribution < -0.4 is 5.32 Å². The van der Waals surface area contributed by atoms with E-state index in [4.69, 9.17) is 4.74 Å². The van der Waals surface area contributed by atoms with Crippen LogP contribution in [0.4, 0.5) is 0 Å². The van der Waals surface area contributed by atoms with Crippen molar-refractivity contribution < 1.29 is 4.74 Å². The van der Waals surface area contributed by atoms with Crippen LogP contribution in [0.1, 0.15) is 58.8 Å². The van der Waals surface area contributed by atoms with Crippen LogP contribution in [0.2, 0.25) is 0 Å². The number of hydrogen-bond donors (Lipinski definition) is 1. The van der Waals surface area contributed by atoms with E-state index in [1.165, 1.54) is 44.9 Å². The summed E-state index contributed by atoms with van der Waals surface area (Å²) in [5, 5.41) is 3.68. The highest BCUT2D eigenvalue weighted by atomic mass is 16.5. The van der Waals surface area contributed by atoms with Gasteiger partial charge in [-0.3, -0.25) is 0 Å². The number of nitrogens with one attached hydrogen (secondary N) is 1. The SMILES string of the molecule is CCCNC1CCOC2(CCCC(C)C2)C1. The molecule has 1 saturated heterocycles. The van der Waals surface area contributed by atoms with Gasteiger partial charge in [-0.2, -0.15) is 0 Å². The largest absolute Gasteiger partial charge is 0.375 e. The fraction of sp³-hybridized carbons (Fsp3) is 1.00. The lowest BCUT2D eigenvalue weighted by molar-refractivity contribution is -0.118. The summed E-state index contributed by atoms with van der Waals surface area (Å²) in [7, 11) is 0. The first-order valence-corrected chi connectivity index (χ1v) is 7.11. The predicted molar refractivity (Wildman–Crippen MR) is 67.6 cm³/mol. The summed E-state index contributed by atoms with van der Waals surface area (Å²) in [6.45, 7) is 6.75. The normalized spacial score (nSPS) is 40.1. The zero-order chi connectivity index (χ0) is 11.4. The quantitative estimate of drug-likeness (QED) is 0.797. The summed E-state index contributed by atoms with van der Waals surface area (Å²) in [6.07, 6.45) is 9.03. The number of rotatable bonds is 3. The van der Waals surface area contributed by atoms with Crippen LogP contribution in [-0.2, 0) is 4.74 Å². The first kappa shape index (κ1) is 12.4. The van der Waals surface area contributed by atoms with Gasteiger partial charge < -0.3 is 10.1 Å². The summed E-state index contributed by atoms with van der Waals surface area (Å²) in [5.41, 5.74) is 0.237. The molecule has 2 nitrogen and oxygen atoms in total. The van der Waals surface area contributed by atoms with Gasteiger partial charge in [0, 0.05) is 12.6 Å². The van der Waals surface area contributed by atoms with Crippen molar-refractivity contribution in [2.75, 3.05) is 13.2 Å². The summed E-state index contributed by atoms with van der Waals surface area (Å²) >= 11 is 0. The Labute approximate surface area is 100 Å². The molecule has 16 heavy (non-hydrogen) atoms. The van der Waals surface area contributed by atoms with Crippen molar-refractivity contribution >= 4 is 0 Å². The van der Waals surface area contributed by atoms with E-state index in [1.807, 2.05) is 0 Å². The van der Waals surface area contributed by atoms with Gasteiger partial charge in [0.25, 0.3) is 0 Å². The van der Waals surface area contributed by atoms with E-state index in [-0.39, 0.29) is 5.60 Å². The lowest BCUT2D eigenvalue weighted by Gasteiger charge is -2.45. The fourth-order valence-corrected chi connectivity index (χ4v) is 3.48. The van der Waals surface area contributed by atoms with E-state index in [0.29, 0.717) is 6.04 Å². The monoisotopic (exact) mass is 225 g/mol. The molecular weight excluding hydrogens is 198 g/mol. The van der Waals surface area contributed by atoms with Gasteiger partial charge in [0.15, 0.2) is 0 Å². The maximum absolute atomic E-state index is 6.15. The topological polar surface area (TPSA) is 21.3 Å². The molecule has 0 amide bonds. The van der Waals surface area contributed by atoms with E-state index in [2.05, 4.69) is 19.2 Å². The molecule has 2 aliphatic rings. The first-order valence-electron chi connectivity index (χ1n) is 7.11. The van der Waals surface area contributed by atoms with E-state index in [0.717, 1.165) is 19.1 Å². The lowest BCUT2D eigenvalue weighted by atomic mass is 9.74. The molecule has 0 aromatic rings. The highest BCUT2D eigenvalue weighted by Crippen LogP contribution is 2.40. The molecule has 0 aromatic heterocycles. The third kappa shape index (κ3) is 2.98. The van der Waals surface area contributed by atoms with Gasteiger partial charge in [-0.05, 0) is 44.6 Å². The van der Waals surface area contributed by atoms with Crippen LogP contribution >= 0.6 is 0 Å². The zero-order valence-electron chi connectivity index (χ0n) is 10.9. The Hall–Kier alpha value is -0.0800. The second kappa shape index (κ2) is 5.50. The van der Waals surface area contributed by atoms with Gasteiger partial charge in [0.2, 0.25) is 0 Å². The van der Waals surface area contributed by atoms with Crippen LogP contribution in [0.3, 0.4) is 0 Å². The Balaban J connectivity index is 1.89. The second-order valence-electron chi connectivity index (χ2n) is 5.88. The Morgan fingerprint density at radius 2 is 2.19 bits per heavy atom. The minimum atomic E-state index is 0.237. The van der Waals surface area contributed by atoms with Crippen LogP contribution in [0.5, 0.6) is 0 Å². The smallest absolute Gasteiger partial charge is 0.0699 e. The molecule has 1 heterocycles. The molecule has 0 aromatic carbocycles. The van der Waals surface area contributed by atoms with Gasteiger partial charge in [0.1, 0.15) is 0 Å². The third-order valence-electron chi connectivity index (χ3n) is 4.23. The van der Waals surface area contributed by atoms with Crippen molar-refractivity contribution in [3.63, 3.8) is 0 Å². The highest BCUT2D eigenvalue weighted by Gasteiger charge is 2.40. The van der Waals surface area contributed by atoms with Crippen molar-refractivity contribution in [2.24, 2.45) is 5.92 Å². The lowest BCUT2D eigenvalue weighted by Crippen LogP contribution is -2.49. The summed E-state index contributed by atoms with van der Waals surface area (Å²) in [5.74, 6) is 0.860. The predicted octanol–water partition coefficient (Wildman–Crippen LogP) is 3.11. The second-order valence-corrected chi connectivity index (χ2v) is 5.88. The Morgan fingerprint density at radius 3 is 2.94 bits per heavy atom. The summed E-state index contributed by atoms with van der Waals surface area (Å²) < 4.78 is 6.15. The third-order valence-corrected chi connectivity index (χ3v) is 4.23. The van der Waals surface area contributed by atoms with Crippen LogP contribution in [0, 0.1) is 5.92 Å². The van der Waals surface area contributed by atoms with Crippen molar-refractivity contribution in [2.45, 2.75) is 70.4 Å². The van der Waals surface area contributed by atoms with Gasteiger partial charge >= 0.3 is 0 Å². The molecule has 3 unspecified atom stereocenters. The first-order chi connectivity index (χ1) is 7.74. The van der Waals surface area contributed by atoms with Gasteiger partial charge in [-0.1, -0.05) is 26.7 Å². The summed E-state index contributed by atoms with van der Waals surface area (Å²) in [6, 6.07) is 0.707. The summed E-state index contributed by atoms with van der Waals surface area (Å²) in [4.78, 5) is 0. The highest BCUT2D eigenvalue weighted by molar-refractivity contribution is 4.93. The molecule has 2 heteroatoms. The maximum atomic E-state index is 6.15. The average Bonchev–Trinajstić information content (AvgIpc) is 2.26. The fourth-order valence-electron chi connectivity index (χ4n) is 3.48. The van der Waals surface area contributed by atoms with Gasteiger partial charge in [0.05, 0.1) is 5.60 Å². The molecule has 2 fully saturated rings. The minimum Gasteiger partial charge on any atom is -0.375 e. The van der Waals surface area contributed by atoms with E-state index < -0.39 is 0 Å².